The standard InChI is InChI=1S/C19H24N4O/c1-14(10-17-13-20-8-9-21-17)22-18(24)19(23(2)3)11-15-6-4-5-7-16(15)12-19/h4-9,13-14H,10-12H2,1-3H3,(H,22,24). The first-order valence-corrected chi connectivity index (χ1v) is 8.31. The highest BCUT2D eigenvalue weighted by Crippen LogP contribution is 2.33. The third-order valence-electron chi connectivity index (χ3n) is 4.87. The van der Waals surface area contributed by atoms with Crippen molar-refractivity contribution in [1.29, 1.82) is 0 Å². The fraction of sp³-hybridized carbons (Fsp3) is 0.421. The van der Waals surface area contributed by atoms with E-state index in [4.69, 9.17) is 0 Å². The number of nitrogens with zero attached hydrogens (tertiary/aromatic N) is 3. The van der Waals surface area contributed by atoms with E-state index >= 15 is 0 Å². The molecule has 1 N–H and O–H groups in total. The van der Waals surface area contributed by atoms with Gasteiger partial charge >= 0.3 is 0 Å². The van der Waals surface area contributed by atoms with Gasteiger partial charge in [-0.2, -0.15) is 0 Å². The number of likely N-dealkylation sites (N-methyl/N-ethyl adjacent to an activating group) is 1. The number of hydrogen-bond acceptors (Lipinski definition) is 4. The molecule has 1 atom stereocenters. The predicted octanol–water partition coefficient (Wildman–Crippen LogP) is 1.62. The van der Waals surface area contributed by atoms with Gasteiger partial charge in [-0.3, -0.25) is 19.7 Å². The van der Waals surface area contributed by atoms with E-state index in [9.17, 15) is 4.79 Å². The van der Waals surface area contributed by atoms with Crippen molar-refractivity contribution >= 4 is 5.91 Å². The van der Waals surface area contributed by atoms with E-state index in [1.165, 1.54) is 11.1 Å². The quantitative estimate of drug-likeness (QED) is 0.908. The van der Waals surface area contributed by atoms with Crippen LogP contribution in [-0.2, 0) is 24.1 Å². The molecule has 0 bridgehead atoms. The Bertz CT molecular complexity index is 689. The first-order chi connectivity index (χ1) is 11.5. The molecule has 1 unspecified atom stereocenters. The lowest BCUT2D eigenvalue weighted by Gasteiger charge is -2.35. The second-order valence-electron chi connectivity index (χ2n) is 6.82. The Morgan fingerprint density at radius 3 is 2.46 bits per heavy atom. The van der Waals surface area contributed by atoms with Crippen LogP contribution >= 0.6 is 0 Å². The van der Waals surface area contributed by atoms with Gasteiger partial charge in [0.25, 0.3) is 0 Å². The fourth-order valence-electron chi connectivity index (χ4n) is 3.43. The topological polar surface area (TPSA) is 58.1 Å². The second-order valence-corrected chi connectivity index (χ2v) is 6.82. The number of rotatable bonds is 5. The summed E-state index contributed by atoms with van der Waals surface area (Å²) < 4.78 is 0. The molecule has 3 rings (SSSR count). The molecule has 0 radical (unpaired) electrons. The molecular formula is C19H24N4O. The summed E-state index contributed by atoms with van der Waals surface area (Å²) in [5, 5.41) is 3.18. The number of fused-ring (bicyclic) bond motifs is 1. The number of nitrogens with one attached hydrogen (secondary N) is 1. The monoisotopic (exact) mass is 324 g/mol. The molecule has 5 nitrogen and oxygen atoms in total. The minimum Gasteiger partial charge on any atom is -0.352 e. The third-order valence-corrected chi connectivity index (χ3v) is 4.87. The van der Waals surface area contributed by atoms with Crippen LogP contribution in [0.5, 0.6) is 0 Å². The zero-order valence-corrected chi connectivity index (χ0v) is 14.5. The molecule has 0 fully saturated rings. The highest BCUT2D eigenvalue weighted by Gasteiger charge is 2.45. The Kier molecular flexibility index (Phi) is 4.62. The summed E-state index contributed by atoms with van der Waals surface area (Å²) >= 11 is 0. The van der Waals surface area contributed by atoms with E-state index < -0.39 is 5.54 Å². The molecule has 0 aliphatic heterocycles. The van der Waals surface area contributed by atoms with Gasteiger partial charge in [-0.25, -0.2) is 0 Å². The summed E-state index contributed by atoms with van der Waals surface area (Å²) in [4.78, 5) is 23.5. The van der Waals surface area contributed by atoms with Crippen LogP contribution in [0.15, 0.2) is 42.9 Å². The molecule has 1 aromatic carbocycles. The van der Waals surface area contributed by atoms with Crippen molar-refractivity contribution in [3.8, 4) is 0 Å². The SMILES string of the molecule is CC(Cc1cnccn1)NC(=O)C1(N(C)C)Cc2ccccc2C1. The molecule has 24 heavy (non-hydrogen) atoms. The van der Waals surface area contributed by atoms with E-state index in [2.05, 4.69) is 32.3 Å². The molecule has 1 amide bonds. The van der Waals surface area contributed by atoms with E-state index in [-0.39, 0.29) is 11.9 Å². The largest absolute Gasteiger partial charge is 0.352 e. The molecule has 2 aromatic rings. The molecule has 1 aliphatic carbocycles. The average Bonchev–Trinajstić information content (AvgIpc) is 2.96. The van der Waals surface area contributed by atoms with Crippen LogP contribution in [0.1, 0.15) is 23.7 Å². The molecule has 1 heterocycles. The molecule has 0 saturated heterocycles. The fourth-order valence-corrected chi connectivity index (χ4v) is 3.43. The second kappa shape index (κ2) is 6.69. The summed E-state index contributed by atoms with van der Waals surface area (Å²) in [7, 11) is 3.97. The Morgan fingerprint density at radius 1 is 1.25 bits per heavy atom. The van der Waals surface area contributed by atoms with Crippen molar-refractivity contribution in [3.05, 3.63) is 59.7 Å². The van der Waals surface area contributed by atoms with Gasteiger partial charge in [0.15, 0.2) is 0 Å². The summed E-state index contributed by atoms with van der Waals surface area (Å²) in [6.45, 7) is 2.01. The van der Waals surface area contributed by atoms with E-state index in [0.717, 1.165) is 18.5 Å². The predicted molar refractivity (Wildman–Crippen MR) is 93.6 cm³/mol. The molecule has 1 aliphatic rings. The Hall–Kier alpha value is -2.27. The van der Waals surface area contributed by atoms with Gasteiger partial charge in [-0.1, -0.05) is 24.3 Å². The van der Waals surface area contributed by atoms with Gasteiger partial charge in [0.2, 0.25) is 5.91 Å². The van der Waals surface area contributed by atoms with Gasteiger partial charge < -0.3 is 5.32 Å². The van der Waals surface area contributed by atoms with Crippen LogP contribution in [0.2, 0.25) is 0 Å². The zero-order chi connectivity index (χ0) is 17.2. The highest BCUT2D eigenvalue weighted by atomic mass is 16.2. The first-order valence-electron chi connectivity index (χ1n) is 8.31. The van der Waals surface area contributed by atoms with Crippen molar-refractivity contribution in [3.63, 3.8) is 0 Å². The summed E-state index contributed by atoms with van der Waals surface area (Å²) in [6, 6.07) is 8.33. The minimum atomic E-state index is -0.514. The maximum Gasteiger partial charge on any atom is 0.241 e. The van der Waals surface area contributed by atoms with Crippen LogP contribution < -0.4 is 5.32 Å². The van der Waals surface area contributed by atoms with Crippen LogP contribution in [0.4, 0.5) is 0 Å². The van der Waals surface area contributed by atoms with Gasteiger partial charge in [-0.15, -0.1) is 0 Å². The summed E-state index contributed by atoms with van der Waals surface area (Å²) in [5.41, 5.74) is 2.91. The Balaban J connectivity index is 1.72. The summed E-state index contributed by atoms with van der Waals surface area (Å²) in [6.07, 6.45) is 7.26. The van der Waals surface area contributed by atoms with E-state index in [0.29, 0.717) is 6.42 Å². The zero-order valence-electron chi connectivity index (χ0n) is 14.5. The van der Waals surface area contributed by atoms with Crippen LogP contribution in [0.25, 0.3) is 0 Å². The molecule has 0 spiro atoms. The number of aromatic nitrogens is 2. The minimum absolute atomic E-state index is 0.00902. The van der Waals surface area contributed by atoms with Crippen LogP contribution in [0.3, 0.4) is 0 Å². The number of benzene rings is 1. The maximum atomic E-state index is 13.1. The molecule has 126 valence electrons. The summed E-state index contributed by atoms with van der Waals surface area (Å²) in [5.74, 6) is 0.0834. The van der Waals surface area contributed by atoms with Crippen molar-refractivity contribution in [2.75, 3.05) is 14.1 Å². The lowest BCUT2D eigenvalue weighted by atomic mass is 9.92. The number of amides is 1. The van der Waals surface area contributed by atoms with Gasteiger partial charge in [-0.05, 0) is 32.1 Å². The average molecular weight is 324 g/mol. The van der Waals surface area contributed by atoms with Gasteiger partial charge in [0.1, 0.15) is 5.54 Å². The van der Waals surface area contributed by atoms with E-state index in [1.807, 2.05) is 33.2 Å². The highest BCUT2D eigenvalue weighted by molar-refractivity contribution is 5.88. The number of carbonyl (C=O) groups excluding carboxylic acids is 1. The van der Waals surface area contributed by atoms with Crippen molar-refractivity contribution < 1.29 is 4.79 Å². The normalized spacial score (nSPS) is 16.7. The number of carbonyl (C=O) groups is 1. The van der Waals surface area contributed by atoms with Crippen molar-refractivity contribution in [2.24, 2.45) is 0 Å². The van der Waals surface area contributed by atoms with Crippen LogP contribution in [-0.4, -0.2) is 46.5 Å². The molecule has 1 aromatic heterocycles. The first kappa shape index (κ1) is 16.6. The Morgan fingerprint density at radius 2 is 1.92 bits per heavy atom. The number of hydrogen-bond donors (Lipinski definition) is 1. The molecule has 0 saturated carbocycles. The van der Waals surface area contributed by atoms with Crippen molar-refractivity contribution in [1.82, 2.24) is 20.2 Å². The van der Waals surface area contributed by atoms with E-state index in [1.54, 1.807) is 18.6 Å². The van der Waals surface area contributed by atoms with Crippen LogP contribution in [0, 0.1) is 0 Å². The van der Waals surface area contributed by atoms with Gasteiger partial charge in [0, 0.05) is 43.9 Å². The third kappa shape index (κ3) is 3.17. The smallest absolute Gasteiger partial charge is 0.241 e. The maximum absolute atomic E-state index is 13.1. The molecule has 5 heteroatoms. The van der Waals surface area contributed by atoms with Gasteiger partial charge in [0.05, 0.1) is 5.69 Å². The molecular weight excluding hydrogens is 300 g/mol. The Labute approximate surface area is 143 Å². The lowest BCUT2D eigenvalue weighted by Crippen LogP contribution is -2.58. The lowest BCUT2D eigenvalue weighted by molar-refractivity contribution is -0.132. The van der Waals surface area contributed by atoms with Crippen molar-refractivity contribution in [2.45, 2.75) is 37.8 Å².